The zero-order valence-electron chi connectivity index (χ0n) is 12.6. The molecule has 0 spiro atoms. The Hall–Kier alpha value is 1.64. The molecule has 0 nitrogen and oxygen atoms in total. The van der Waals surface area contributed by atoms with Crippen LogP contribution in [-0.2, 0) is 0 Å². The fourth-order valence-corrected chi connectivity index (χ4v) is 2.44. The fraction of sp³-hybridized carbons (Fsp3) is 1.00. The van der Waals surface area contributed by atoms with Crippen molar-refractivity contribution in [1.29, 1.82) is 0 Å². The van der Waals surface area contributed by atoms with Crippen molar-refractivity contribution in [3.05, 3.63) is 0 Å². The van der Waals surface area contributed by atoms with E-state index in [9.17, 15) is 0 Å². The summed E-state index contributed by atoms with van der Waals surface area (Å²) in [7, 11) is 0. The van der Waals surface area contributed by atoms with Gasteiger partial charge in [-0.1, -0.05) is 110 Å². The van der Waals surface area contributed by atoms with Gasteiger partial charge in [0, 0.05) is 0 Å². The molecule has 0 N–H and O–H groups in total. The first-order valence-electron chi connectivity index (χ1n) is 8.41. The first-order chi connectivity index (χ1) is 8.41. The molecule has 0 unspecified atom stereocenters. The van der Waals surface area contributed by atoms with Gasteiger partial charge in [0.05, 0.1) is 0 Å². The van der Waals surface area contributed by atoms with Crippen molar-refractivity contribution < 1.29 is 0 Å². The first kappa shape index (κ1) is 21.9. The van der Waals surface area contributed by atoms with Crippen molar-refractivity contribution in [2.45, 2.75) is 110 Å². The summed E-state index contributed by atoms with van der Waals surface area (Å²) in [4.78, 5) is 0. The topological polar surface area (TPSA) is 0 Å². The van der Waals surface area contributed by atoms with Gasteiger partial charge in [-0.2, -0.15) is 0 Å². The molecule has 0 saturated carbocycles. The second kappa shape index (κ2) is 20.9. The molecule has 0 aromatic rings. The first-order valence-corrected chi connectivity index (χ1v) is 8.41. The van der Waals surface area contributed by atoms with E-state index in [1.807, 2.05) is 0 Å². The average molecular weight is 281 g/mol. The Balaban J connectivity index is 0. The number of hydrogen-bond donors (Lipinski definition) is 0. The Morgan fingerprint density at radius 2 is 0.500 bits per heavy atom. The molecule has 0 amide bonds. The molecule has 0 rings (SSSR count). The molecule has 0 aliphatic carbocycles. The third kappa shape index (κ3) is 20.0. The van der Waals surface area contributed by atoms with Crippen LogP contribution in [0.15, 0.2) is 0 Å². The predicted molar refractivity (Wildman–Crippen MR) is 87.8 cm³/mol. The summed E-state index contributed by atoms with van der Waals surface area (Å²) in [5.74, 6) is 0. The van der Waals surface area contributed by atoms with Gasteiger partial charge in [-0.25, -0.2) is 0 Å². The third-order valence-electron chi connectivity index (χ3n) is 3.71. The summed E-state index contributed by atoms with van der Waals surface area (Å²) >= 11 is 0. The van der Waals surface area contributed by atoms with E-state index in [-0.39, 0.29) is 51.4 Å². The normalized spacial score (nSPS) is 10.3. The maximum atomic E-state index is 2.29. The van der Waals surface area contributed by atoms with Crippen LogP contribution in [0.3, 0.4) is 0 Å². The van der Waals surface area contributed by atoms with Crippen LogP contribution < -0.4 is 0 Å². The van der Waals surface area contributed by atoms with Crippen molar-refractivity contribution >= 4 is 51.4 Å². The quantitative estimate of drug-likeness (QED) is 0.261. The molecule has 0 fully saturated rings. The van der Waals surface area contributed by atoms with Crippen LogP contribution in [-0.4, -0.2) is 51.4 Å². The van der Waals surface area contributed by atoms with Gasteiger partial charge in [-0.3, -0.25) is 0 Å². The molecule has 0 aromatic heterocycles. The Morgan fingerprint density at radius 1 is 0.333 bits per heavy atom. The molecule has 106 valence electrons. The average Bonchev–Trinajstić information content (AvgIpc) is 2.35. The molecule has 0 bridgehead atoms. The molecule has 0 saturated heterocycles. The van der Waals surface area contributed by atoms with Crippen molar-refractivity contribution in [2.24, 2.45) is 0 Å². The third-order valence-corrected chi connectivity index (χ3v) is 3.71. The van der Waals surface area contributed by atoms with E-state index in [4.69, 9.17) is 0 Å². The van der Waals surface area contributed by atoms with Gasteiger partial charge in [0.1, 0.15) is 0 Å². The summed E-state index contributed by atoms with van der Waals surface area (Å²) in [5.41, 5.74) is 0. The van der Waals surface area contributed by atoms with Crippen LogP contribution in [0.4, 0.5) is 0 Å². The molecule has 0 aromatic carbocycles. The molecular weight excluding hydrogens is 243 g/mol. The predicted octanol–water partition coefficient (Wildman–Crippen LogP) is 6.23. The zero-order valence-corrected chi connectivity index (χ0v) is 12.6. The second-order valence-corrected chi connectivity index (χ2v) is 5.60. The van der Waals surface area contributed by atoms with E-state index in [0.717, 1.165) is 0 Å². The van der Waals surface area contributed by atoms with Gasteiger partial charge in [-0.15, -0.1) is 0 Å². The Labute approximate surface area is 160 Å². The fourth-order valence-electron chi connectivity index (χ4n) is 2.44. The SMILES string of the molecule is CCCCCCCCCCCCCCCCC.[KH]. The minimum absolute atomic E-state index is 0. The van der Waals surface area contributed by atoms with Crippen LogP contribution in [0.25, 0.3) is 0 Å². The summed E-state index contributed by atoms with van der Waals surface area (Å²) in [6, 6.07) is 0. The number of hydrogen-bond acceptors (Lipinski definition) is 0. The van der Waals surface area contributed by atoms with Crippen LogP contribution >= 0.6 is 0 Å². The van der Waals surface area contributed by atoms with E-state index in [1.165, 1.54) is 96.3 Å². The summed E-state index contributed by atoms with van der Waals surface area (Å²) in [6.45, 7) is 4.58. The van der Waals surface area contributed by atoms with Gasteiger partial charge in [0.2, 0.25) is 0 Å². The van der Waals surface area contributed by atoms with Gasteiger partial charge >= 0.3 is 51.4 Å². The molecule has 1 heteroatoms. The standard InChI is InChI=1S/C17H36.K.H/c1-3-5-7-9-11-13-15-17-16-14-12-10-8-6-4-2;;/h3-17H2,1-2H3;;. The minimum atomic E-state index is 0. The van der Waals surface area contributed by atoms with Crippen molar-refractivity contribution in [3.8, 4) is 0 Å². The van der Waals surface area contributed by atoms with Crippen LogP contribution in [0.1, 0.15) is 110 Å². The molecule has 18 heavy (non-hydrogen) atoms. The summed E-state index contributed by atoms with van der Waals surface area (Å²) < 4.78 is 0. The van der Waals surface area contributed by atoms with Crippen molar-refractivity contribution in [1.82, 2.24) is 0 Å². The Kier molecular flexibility index (Phi) is 25.5. The van der Waals surface area contributed by atoms with E-state index >= 15 is 0 Å². The van der Waals surface area contributed by atoms with Gasteiger partial charge in [0.25, 0.3) is 0 Å². The zero-order chi connectivity index (χ0) is 12.6. The van der Waals surface area contributed by atoms with Gasteiger partial charge < -0.3 is 0 Å². The van der Waals surface area contributed by atoms with E-state index < -0.39 is 0 Å². The van der Waals surface area contributed by atoms with Crippen LogP contribution in [0, 0.1) is 0 Å². The Bertz CT molecular complexity index is 109. The molecule has 0 atom stereocenters. The van der Waals surface area contributed by atoms with E-state index in [0.29, 0.717) is 0 Å². The van der Waals surface area contributed by atoms with Gasteiger partial charge in [-0.05, 0) is 0 Å². The second-order valence-electron chi connectivity index (χ2n) is 5.60. The molecule has 0 aliphatic rings. The molecular formula is C17H37K. The summed E-state index contributed by atoms with van der Waals surface area (Å²) in [5, 5.41) is 0. The molecule has 0 aliphatic heterocycles. The Morgan fingerprint density at radius 3 is 0.667 bits per heavy atom. The van der Waals surface area contributed by atoms with Crippen molar-refractivity contribution in [2.75, 3.05) is 0 Å². The van der Waals surface area contributed by atoms with E-state index in [2.05, 4.69) is 13.8 Å². The number of rotatable bonds is 14. The monoisotopic (exact) mass is 280 g/mol. The maximum absolute atomic E-state index is 2.29. The van der Waals surface area contributed by atoms with E-state index in [1.54, 1.807) is 0 Å². The van der Waals surface area contributed by atoms with Crippen molar-refractivity contribution in [3.63, 3.8) is 0 Å². The molecule has 0 radical (unpaired) electrons. The van der Waals surface area contributed by atoms with Gasteiger partial charge in [0.15, 0.2) is 0 Å². The van der Waals surface area contributed by atoms with Crippen LogP contribution in [0.2, 0.25) is 0 Å². The van der Waals surface area contributed by atoms with Crippen LogP contribution in [0.5, 0.6) is 0 Å². The number of unbranched alkanes of at least 4 members (excludes halogenated alkanes) is 14. The summed E-state index contributed by atoms with van der Waals surface area (Å²) in [6.07, 6.45) is 21.9. The molecule has 0 heterocycles.